The number of benzene rings is 1. The summed E-state index contributed by atoms with van der Waals surface area (Å²) < 4.78 is 5.53. The Morgan fingerprint density at radius 3 is 3.08 bits per heavy atom. The minimum absolute atomic E-state index is 0.206. The highest BCUT2D eigenvalue weighted by Crippen LogP contribution is 2.32. The van der Waals surface area contributed by atoms with Crippen molar-refractivity contribution in [3.63, 3.8) is 0 Å². The normalized spacial score (nSPS) is 12.4. The van der Waals surface area contributed by atoms with Crippen molar-refractivity contribution in [1.82, 2.24) is 9.97 Å². The van der Waals surface area contributed by atoms with Crippen LogP contribution in [-0.2, 0) is 6.42 Å². The largest absolute Gasteiger partial charge is 0.493 e. The van der Waals surface area contributed by atoms with Crippen LogP contribution in [0.3, 0.4) is 0 Å². The summed E-state index contributed by atoms with van der Waals surface area (Å²) in [6.45, 7) is 0.734. The van der Waals surface area contributed by atoms with Crippen LogP contribution in [0.5, 0.6) is 5.75 Å². The molecule has 0 saturated carbocycles. The molecule has 4 rings (SSSR count). The van der Waals surface area contributed by atoms with Crippen molar-refractivity contribution in [3.05, 3.63) is 53.0 Å². The van der Waals surface area contributed by atoms with Crippen molar-refractivity contribution in [2.75, 3.05) is 24.3 Å². The number of pyridine rings is 1. The first kappa shape index (κ1) is 15.6. The minimum Gasteiger partial charge on any atom is -0.493 e. The third kappa shape index (κ3) is 3.18. The number of ether oxygens (including phenoxy) is 1. The number of nitrogens with one attached hydrogen (secondary N) is 2. The molecule has 0 radical (unpaired) electrons. The second-order valence-corrected chi connectivity index (χ2v) is 6.45. The van der Waals surface area contributed by atoms with E-state index in [2.05, 4.69) is 26.7 Å². The number of aromatic nitrogens is 2. The maximum atomic E-state index is 12.4. The summed E-state index contributed by atoms with van der Waals surface area (Å²) in [5.74, 6) is 1.39. The van der Waals surface area contributed by atoms with Crippen LogP contribution in [0.2, 0.25) is 0 Å². The van der Waals surface area contributed by atoms with Crippen molar-refractivity contribution in [2.45, 2.75) is 6.42 Å². The highest BCUT2D eigenvalue weighted by atomic mass is 32.1. The van der Waals surface area contributed by atoms with Gasteiger partial charge in [0, 0.05) is 36.2 Å². The van der Waals surface area contributed by atoms with Gasteiger partial charge >= 0.3 is 0 Å². The molecule has 0 spiro atoms. The lowest BCUT2D eigenvalue weighted by Gasteiger charge is -2.04. The molecule has 1 aromatic carbocycles. The fourth-order valence-electron chi connectivity index (χ4n) is 2.69. The SMILES string of the molecule is CNc1cc(C(=O)Nc2nc(-c3ccc4c(c3)CCO4)cs2)ccn1. The van der Waals surface area contributed by atoms with Gasteiger partial charge in [-0.15, -0.1) is 11.3 Å². The van der Waals surface area contributed by atoms with Crippen molar-refractivity contribution in [2.24, 2.45) is 0 Å². The number of anilines is 2. The molecule has 0 fully saturated rings. The Morgan fingerprint density at radius 2 is 2.20 bits per heavy atom. The second-order valence-electron chi connectivity index (χ2n) is 5.59. The molecule has 0 unspecified atom stereocenters. The van der Waals surface area contributed by atoms with E-state index in [1.165, 1.54) is 16.9 Å². The van der Waals surface area contributed by atoms with Gasteiger partial charge in [0.25, 0.3) is 5.91 Å². The molecule has 7 heteroatoms. The molecular weight excluding hydrogens is 336 g/mol. The Bertz CT molecular complexity index is 938. The van der Waals surface area contributed by atoms with Gasteiger partial charge < -0.3 is 10.1 Å². The first-order valence-electron chi connectivity index (χ1n) is 7.90. The molecule has 1 amide bonds. The smallest absolute Gasteiger partial charge is 0.257 e. The number of hydrogen-bond acceptors (Lipinski definition) is 6. The van der Waals surface area contributed by atoms with Crippen LogP contribution in [0.1, 0.15) is 15.9 Å². The second kappa shape index (κ2) is 6.52. The van der Waals surface area contributed by atoms with Gasteiger partial charge in [0.05, 0.1) is 12.3 Å². The minimum atomic E-state index is -0.206. The number of fused-ring (bicyclic) bond motifs is 1. The van der Waals surface area contributed by atoms with E-state index in [-0.39, 0.29) is 5.91 Å². The van der Waals surface area contributed by atoms with Crippen molar-refractivity contribution in [3.8, 4) is 17.0 Å². The third-order valence-electron chi connectivity index (χ3n) is 3.99. The Morgan fingerprint density at radius 1 is 1.28 bits per heavy atom. The van der Waals surface area contributed by atoms with Crippen molar-refractivity contribution >= 4 is 28.2 Å². The Labute approximate surface area is 148 Å². The molecular formula is C18H16N4O2S. The summed E-state index contributed by atoms with van der Waals surface area (Å²) in [7, 11) is 1.76. The predicted octanol–water partition coefficient (Wildman–Crippen LogP) is 3.43. The van der Waals surface area contributed by atoms with E-state index in [0.29, 0.717) is 16.5 Å². The van der Waals surface area contributed by atoms with Crippen LogP contribution < -0.4 is 15.4 Å². The molecule has 25 heavy (non-hydrogen) atoms. The van der Waals surface area contributed by atoms with Crippen LogP contribution in [0.25, 0.3) is 11.3 Å². The zero-order valence-corrected chi connectivity index (χ0v) is 14.4. The van der Waals surface area contributed by atoms with Gasteiger partial charge in [-0.05, 0) is 35.9 Å². The number of thiazole rings is 1. The van der Waals surface area contributed by atoms with Gasteiger partial charge in [-0.2, -0.15) is 0 Å². The van der Waals surface area contributed by atoms with E-state index >= 15 is 0 Å². The molecule has 1 aliphatic rings. The molecule has 126 valence electrons. The summed E-state index contributed by atoms with van der Waals surface area (Å²) in [4.78, 5) is 21.0. The molecule has 0 saturated heterocycles. The molecule has 3 heterocycles. The van der Waals surface area contributed by atoms with Crippen molar-refractivity contribution < 1.29 is 9.53 Å². The standard InChI is InChI=1S/C18H16N4O2S/c1-19-16-9-13(4-6-20-16)17(23)22-18-21-14(10-25-18)11-2-3-15-12(8-11)5-7-24-15/h2-4,6,8-10H,5,7H2,1H3,(H,19,20)(H,21,22,23). The number of nitrogens with zero attached hydrogens (tertiary/aromatic N) is 2. The molecule has 3 aromatic rings. The van der Waals surface area contributed by atoms with E-state index in [0.717, 1.165) is 30.0 Å². The number of carbonyl (C=O) groups is 1. The van der Waals surface area contributed by atoms with Crippen LogP contribution >= 0.6 is 11.3 Å². The van der Waals surface area contributed by atoms with E-state index in [1.54, 1.807) is 25.4 Å². The third-order valence-corrected chi connectivity index (χ3v) is 4.75. The summed E-state index contributed by atoms with van der Waals surface area (Å²) in [6, 6.07) is 9.44. The van der Waals surface area contributed by atoms with Gasteiger partial charge in [0.1, 0.15) is 11.6 Å². The summed E-state index contributed by atoms with van der Waals surface area (Å²) in [5.41, 5.74) is 3.61. The summed E-state index contributed by atoms with van der Waals surface area (Å²) in [5, 5.41) is 8.27. The molecule has 6 nitrogen and oxygen atoms in total. The maximum Gasteiger partial charge on any atom is 0.257 e. The van der Waals surface area contributed by atoms with E-state index < -0.39 is 0 Å². The molecule has 0 bridgehead atoms. The lowest BCUT2D eigenvalue weighted by atomic mass is 10.1. The highest BCUT2D eigenvalue weighted by molar-refractivity contribution is 7.14. The van der Waals surface area contributed by atoms with Gasteiger partial charge in [-0.25, -0.2) is 9.97 Å². The van der Waals surface area contributed by atoms with Crippen LogP contribution in [0.4, 0.5) is 10.9 Å². The lowest BCUT2D eigenvalue weighted by molar-refractivity contribution is 0.102. The number of hydrogen-bond donors (Lipinski definition) is 2. The highest BCUT2D eigenvalue weighted by Gasteiger charge is 2.15. The first-order valence-corrected chi connectivity index (χ1v) is 8.78. The van der Waals surface area contributed by atoms with Gasteiger partial charge in [0.2, 0.25) is 0 Å². The monoisotopic (exact) mass is 352 g/mol. The number of amides is 1. The molecule has 0 aliphatic carbocycles. The zero-order chi connectivity index (χ0) is 17.2. The fourth-order valence-corrected chi connectivity index (χ4v) is 3.40. The van der Waals surface area contributed by atoms with Crippen LogP contribution in [0.15, 0.2) is 41.9 Å². The number of carbonyl (C=O) groups excluding carboxylic acids is 1. The van der Waals surface area contributed by atoms with Crippen LogP contribution in [-0.4, -0.2) is 29.5 Å². The predicted molar refractivity (Wildman–Crippen MR) is 98.5 cm³/mol. The average molecular weight is 352 g/mol. The average Bonchev–Trinajstić information content (AvgIpc) is 3.30. The van der Waals surface area contributed by atoms with E-state index in [9.17, 15) is 4.79 Å². The summed E-state index contributed by atoms with van der Waals surface area (Å²) in [6.07, 6.45) is 2.52. The topological polar surface area (TPSA) is 76.1 Å². The Balaban J connectivity index is 1.52. The quantitative estimate of drug-likeness (QED) is 0.752. The number of rotatable bonds is 4. The lowest BCUT2D eigenvalue weighted by Crippen LogP contribution is -2.12. The van der Waals surface area contributed by atoms with Gasteiger partial charge in [-0.3, -0.25) is 10.1 Å². The summed E-state index contributed by atoms with van der Waals surface area (Å²) >= 11 is 1.41. The van der Waals surface area contributed by atoms with Crippen LogP contribution in [0, 0.1) is 0 Å². The van der Waals surface area contributed by atoms with E-state index in [1.807, 2.05) is 17.5 Å². The fraction of sp³-hybridized carbons (Fsp3) is 0.167. The zero-order valence-electron chi connectivity index (χ0n) is 13.6. The van der Waals surface area contributed by atoms with E-state index in [4.69, 9.17) is 4.74 Å². The van der Waals surface area contributed by atoms with Gasteiger partial charge in [0.15, 0.2) is 5.13 Å². The van der Waals surface area contributed by atoms with Gasteiger partial charge in [-0.1, -0.05) is 0 Å². The molecule has 0 atom stereocenters. The maximum absolute atomic E-state index is 12.4. The first-order chi connectivity index (χ1) is 12.2. The molecule has 2 N–H and O–H groups in total. The Hall–Kier alpha value is -2.93. The molecule has 2 aromatic heterocycles. The van der Waals surface area contributed by atoms with Crippen molar-refractivity contribution in [1.29, 1.82) is 0 Å². The molecule has 1 aliphatic heterocycles. The Kier molecular flexibility index (Phi) is 4.07.